The number of halogens is 2. The minimum absolute atomic E-state index is 0.172. The third kappa shape index (κ3) is 3.20. The minimum atomic E-state index is -5.55. The Hall–Kier alpha value is -1.14. The quantitative estimate of drug-likeness (QED) is 0.551. The van der Waals surface area contributed by atoms with Gasteiger partial charge in [-0.15, -0.1) is 0 Å². The van der Waals surface area contributed by atoms with Gasteiger partial charge in [0.2, 0.25) is 0 Å². The molecule has 0 radical (unpaired) electrons. The molecule has 1 atom stereocenters. The number of aldehydes is 1. The fourth-order valence-electron chi connectivity index (χ4n) is 1.33. The molecule has 8 heteroatoms. The molecule has 0 bridgehead atoms. The molecular formula is C10H12F2NO4P. The molecule has 0 aliphatic rings. The van der Waals surface area contributed by atoms with E-state index in [1.165, 1.54) is 12.1 Å². The summed E-state index contributed by atoms with van der Waals surface area (Å²) in [6.45, 7) is 0. The Labute approximate surface area is 102 Å². The van der Waals surface area contributed by atoms with Crippen molar-refractivity contribution in [2.24, 2.45) is 5.73 Å². The Morgan fingerprint density at radius 3 is 2.22 bits per heavy atom. The van der Waals surface area contributed by atoms with E-state index in [9.17, 15) is 18.1 Å². The van der Waals surface area contributed by atoms with Crippen LogP contribution in [0.4, 0.5) is 8.78 Å². The van der Waals surface area contributed by atoms with Gasteiger partial charge < -0.3 is 20.3 Å². The SMILES string of the molecule is N[C@H](C=O)Cc1ccc(C(F)(F)P(=O)(O)O)cc1. The number of benzene rings is 1. The number of alkyl halides is 2. The molecule has 0 unspecified atom stereocenters. The van der Waals surface area contributed by atoms with Crippen LogP contribution >= 0.6 is 7.60 Å². The van der Waals surface area contributed by atoms with Gasteiger partial charge in [-0.3, -0.25) is 4.57 Å². The summed E-state index contributed by atoms with van der Waals surface area (Å²) in [5.41, 5.74) is 0.883. The molecule has 0 spiro atoms. The monoisotopic (exact) mass is 279 g/mol. The zero-order valence-corrected chi connectivity index (χ0v) is 10.1. The van der Waals surface area contributed by atoms with Crippen molar-refractivity contribution in [2.45, 2.75) is 18.1 Å². The third-order valence-electron chi connectivity index (χ3n) is 2.31. The van der Waals surface area contributed by atoms with Crippen LogP contribution in [0.1, 0.15) is 11.1 Å². The van der Waals surface area contributed by atoms with E-state index < -0.39 is 24.9 Å². The van der Waals surface area contributed by atoms with E-state index >= 15 is 0 Å². The molecule has 0 amide bonds. The summed E-state index contributed by atoms with van der Waals surface area (Å²) in [7, 11) is -5.55. The number of carbonyl (C=O) groups excluding carboxylic acids is 1. The van der Waals surface area contributed by atoms with E-state index in [-0.39, 0.29) is 6.42 Å². The lowest BCUT2D eigenvalue weighted by Gasteiger charge is -2.18. The Bertz CT molecular complexity index is 471. The highest BCUT2D eigenvalue weighted by molar-refractivity contribution is 7.52. The van der Waals surface area contributed by atoms with Crippen LogP contribution < -0.4 is 5.73 Å². The number of carbonyl (C=O) groups is 1. The number of rotatable bonds is 5. The fourth-order valence-corrected chi connectivity index (χ4v) is 1.82. The molecule has 1 aromatic rings. The summed E-state index contributed by atoms with van der Waals surface area (Å²) in [6, 6.07) is 3.58. The predicted molar refractivity (Wildman–Crippen MR) is 60.1 cm³/mol. The first-order valence-electron chi connectivity index (χ1n) is 4.92. The molecule has 0 aliphatic heterocycles. The lowest BCUT2D eigenvalue weighted by atomic mass is 10.1. The summed E-state index contributed by atoms with van der Waals surface area (Å²) in [4.78, 5) is 27.4. The highest BCUT2D eigenvalue weighted by Crippen LogP contribution is 2.59. The maximum atomic E-state index is 13.3. The van der Waals surface area contributed by atoms with Gasteiger partial charge >= 0.3 is 13.3 Å². The standard InChI is InChI=1S/C10H12F2NO4P/c11-10(12,18(15,16)17)8-3-1-7(2-4-8)5-9(13)6-14/h1-4,6,9H,5,13H2,(H2,15,16,17)/t9-/m0/s1. The first kappa shape index (κ1) is 14.9. The van der Waals surface area contributed by atoms with Crippen molar-refractivity contribution in [3.8, 4) is 0 Å². The first-order valence-corrected chi connectivity index (χ1v) is 6.53. The normalized spacial score (nSPS) is 14.3. The van der Waals surface area contributed by atoms with Crippen LogP contribution in [0.2, 0.25) is 0 Å². The summed E-state index contributed by atoms with van der Waals surface area (Å²) >= 11 is 0. The van der Waals surface area contributed by atoms with Crippen LogP contribution in [0, 0.1) is 0 Å². The molecule has 0 saturated carbocycles. The van der Waals surface area contributed by atoms with Gasteiger partial charge in [0.15, 0.2) is 0 Å². The van der Waals surface area contributed by atoms with Gasteiger partial charge in [-0.1, -0.05) is 24.3 Å². The van der Waals surface area contributed by atoms with Crippen molar-refractivity contribution in [1.82, 2.24) is 0 Å². The lowest BCUT2D eigenvalue weighted by Crippen LogP contribution is -2.24. The van der Waals surface area contributed by atoms with Crippen LogP contribution in [0.15, 0.2) is 24.3 Å². The van der Waals surface area contributed by atoms with E-state index in [0.29, 0.717) is 11.8 Å². The molecular weight excluding hydrogens is 267 g/mol. The van der Waals surface area contributed by atoms with Gasteiger partial charge in [0.05, 0.1) is 6.04 Å². The van der Waals surface area contributed by atoms with Crippen LogP contribution in [0.5, 0.6) is 0 Å². The van der Waals surface area contributed by atoms with E-state index in [2.05, 4.69) is 0 Å². The van der Waals surface area contributed by atoms with Crippen molar-refractivity contribution in [2.75, 3.05) is 0 Å². The van der Waals surface area contributed by atoms with Crippen LogP contribution in [-0.4, -0.2) is 22.1 Å². The molecule has 0 aromatic heterocycles. The largest absolute Gasteiger partial charge is 0.399 e. The van der Waals surface area contributed by atoms with Crippen molar-refractivity contribution in [3.05, 3.63) is 35.4 Å². The van der Waals surface area contributed by atoms with E-state index in [1.54, 1.807) is 0 Å². The molecule has 1 rings (SSSR count). The number of hydrogen-bond donors (Lipinski definition) is 3. The molecule has 0 aliphatic carbocycles. The van der Waals surface area contributed by atoms with Crippen molar-refractivity contribution < 1.29 is 27.9 Å². The smallest absolute Gasteiger partial charge is 0.321 e. The van der Waals surface area contributed by atoms with Crippen LogP contribution in [0.25, 0.3) is 0 Å². The van der Waals surface area contributed by atoms with Gasteiger partial charge in [0, 0.05) is 5.56 Å². The highest BCUT2D eigenvalue weighted by atomic mass is 31.2. The average Bonchev–Trinajstić information content (AvgIpc) is 2.28. The third-order valence-corrected chi connectivity index (χ3v) is 3.30. The molecule has 18 heavy (non-hydrogen) atoms. The average molecular weight is 279 g/mol. The van der Waals surface area contributed by atoms with Crippen molar-refractivity contribution in [1.29, 1.82) is 0 Å². The minimum Gasteiger partial charge on any atom is -0.321 e. The number of nitrogens with two attached hydrogens (primary N) is 1. The zero-order chi connectivity index (χ0) is 14.0. The van der Waals surface area contributed by atoms with E-state index in [0.717, 1.165) is 12.1 Å². The molecule has 100 valence electrons. The maximum Gasteiger partial charge on any atom is 0.399 e. The second-order valence-corrected chi connectivity index (χ2v) is 5.44. The zero-order valence-electron chi connectivity index (χ0n) is 9.16. The number of hydrogen-bond acceptors (Lipinski definition) is 3. The summed E-state index contributed by atoms with van der Waals surface area (Å²) in [5, 5.41) is 0. The molecule has 1 aromatic carbocycles. The van der Waals surface area contributed by atoms with Gasteiger partial charge in [0.1, 0.15) is 6.29 Å². The fraction of sp³-hybridized carbons (Fsp3) is 0.300. The summed E-state index contributed by atoms with van der Waals surface area (Å²) in [6.07, 6.45) is 0.698. The Balaban J connectivity index is 2.96. The summed E-state index contributed by atoms with van der Waals surface area (Å²) < 4.78 is 37.2. The van der Waals surface area contributed by atoms with Crippen LogP contribution in [-0.2, 0) is 21.4 Å². The Kier molecular flexibility index (Phi) is 4.34. The molecule has 5 nitrogen and oxygen atoms in total. The topological polar surface area (TPSA) is 101 Å². The first-order chi connectivity index (χ1) is 8.18. The predicted octanol–water partition coefficient (Wildman–Crippen LogP) is 0.982. The van der Waals surface area contributed by atoms with Crippen LogP contribution in [0.3, 0.4) is 0 Å². The Morgan fingerprint density at radius 2 is 1.83 bits per heavy atom. The highest BCUT2D eigenvalue weighted by Gasteiger charge is 2.50. The van der Waals surface area contributed by atoms with E-state index in [1.807, 2.05) is 0 Å². The van der Waals surface area contributed by atoms with Crippen molar-refractivity contribution >= 4 is 13.9 Å². The Morgan fingerprint density at radius 1 is 1.33 bits per heavy atom. The lowest BCUT2D eigenvalue weighted by molar-refractivity contribution is -0.108. The molecule has 4 N–H and O–H groups in total. The van der Waals surface area contributed by atoms with Gasteiger partial charge in [-0.2, -0.15) is 8.78 Å². The second kappa shape index (κ2) is 5.24. The van der Waals surface area contributed by atoms with E-state index in [4.69, 9.17) is 15.5 Å². The van der Waals surface area contributed by atoms with Gasteiger partial charge in [-0.25, -0.2) is 0 Å². The molecule has 0 fully saturated rings. The van der Waals surface area contributed by atoms with Gasteiger partial charge in [0.25, 0.3) is 0 Å². The maximum absolute atomic E-state index is 13.3. The molecule has 0 saturated heterocycles. The molecule has 0 heterocycles. The second-order valence-electron chi connectivity index (χ2n) is 3.79. The summed E-state index contributed by atoms with van der Waals surface area (Å²) in [5.74, 6) is 0. The van der Waals surface area contributed by atoms with Gasteiger partial charge in [-0.05, 0) is 12.0 Å². The van der Waals surface area contributed by atoms with Crippen molar-refractivity contribution in [3.63, 3.8) is 0 Å².